The van der Waals surface area contributed by atoms with E-state index in [1.807, 2.05) is 39.0 Å². The molecule has 3 aliphatic rings. The van der Waals surface area contributed by atoms with Crippen LogP contribution >= 0.6 is 0 Å². The number of ether oxygens (including phenoxy) is 3. The molecule has 4 heterocycles. The Balaban J connectivity index is 1.35. The highest BCUT2D eigenvalue weighted by Gasteiger charge is 2.27. The lowest BCUT2D eigenvalue weighted by atomic mass is 10.1. The molecule has 0 radical (unpaired) electrons. The number of nitrogens with zero attached hydrogens (tertiary/aromatic N) is 4. The van der Waals surface area contributed by atoms with Crippen LogP contribution in [0.5, 0.6) is 5.75 Å². The zero-order valence-electron chi connectivity index (χ0n) is 19.3. The van der Waals surface area contributed by atoms with E-state index in [0.29, 0.717) is 32.9 Å². The van der Waals surface area contributed by atoms with Gasteiger partial charge in [0.05, 0.1) is 24.5 Å². The molecule has 0 spiro atoms. The smallest absolute Gasteiger partial charge is 0.410 e. The Hall–Kier alpha value is -3.33. The largest absolute Gasteiger partial charge is 0.486 e. The van der Waals surface area contributed by atoms with E-state index in [0.717, 1.165) is 52.9 Å². The van der Waals surface area contributed by atoms with Crippen molar-refractivity contribution in [1.82, 2.24) is 14.9 Å². The van der Waals surface area contributed by atoms with Gasteiger partial charge in [-0.3, -0.25) is 0 Å². The molecule has 0 bridgehead atoms. The van der Waals surface area contributed by atoms with Gasteiger partial charge < -0.3 is 29.3 Å². The summed E-state index contributed by atoms with van der Waals surface area (Å²) in [6.07, 6.45) is 3.35. The number of morpholine rings is 1. The molecule has 1 saturated heterocycles. The molecule has 0 aliphatic carbocycles. The number of hydrogen-bond donors (Lipinski definition) is 1. The lowest BCUT2D eigenvalue weighted by molar-refractivity contribution is 0.0306. The van der Waals surface area contributed by atoms with Crippen LogP contribution in [0.2, 0.25) is 0 Å². The van der Waals surface area contributed by atoms with Gasteiger partial charge >= 0.3 is 6.09 Å². The monoisotopic (exact) mass is 451 g/mol. The fraction of sp³-hybridized carbons (Fsp3) is 0.458. The summed E-state index contributed by atoms with van der Waals surface area (Å²) in [6.45, 7) is 10.0. The maximum absolute atomic E-state index is 12.4. The normalized spacial score (nSPS) is 17.8. The molecule has 33 heavy (non-hydrogen) atoms. The van der Waals surface area contributed by atoms with Gasteiger partial charge in [-0.15, -0.1) is 0 Å². The van der Waals surface area contributed by atoms with Gasteiger partial charge in [-0.25, -0.2) is 14.8 Å². The highest BCUT2D eigenvalue weighted by molar-refractivity contribution is 5.81. The fourth-order valence-corrected chi connectivity index (χ4v) is 4.15. The first kappa shape index (κ1) is 21.5. The van der Waals surface area contributed by atoms with Crippen LogP contribution in [-0.4, -0.2) is 66.0 Å². The second-order valence-electron chi connectivity index (χ2n) is 9.34. The number of hydrogen-bond acceptors (Lipinski definition) is 8. The third-order valence-corrected chi connectivity index (χ3v) is 5.78. The van der Waals surface area contributed by atoms with Crippen molar-refractivity contribution in [3.8, 4) is 5.75 Å². The van der Waals surface area contributed by atoms with Crippen molar-refractivity contribution in [1.29, 1.82) is 0 Å². The summed E-state index contributed by atoms with van der Waals surface area (Å²) in [4.78, 5) is 25.4. The van der Waals surface area contributed by atoms with Crippen LogP contribution in [0, 0.1) is 0 Å². The van der Waals surface area contributed by atoms with Crippen molar-refractivity contribution < 1.29 is 19.0 Å². The molecule has 174 valence electrons. The lowest BCUT2D eigenvalue weighted by Crippen LogP contribution is -2.37. The van der Waals surface area contributed by atoms with Crippen LogP contribution in [0.1, 0.15) is 31.9 Å². The number of fused-ring (bicyclic) bond motifs is 2. The van der Waals surface area contributed by atoms with E-state index < -0.39 is 5.60 Å². The third-order valence-electron chi connectivity index (χ3n) is 5.78. The van der Waals surface area contributed by atoms with E-state index in [2.05, 4.69) is 26.3 Å². The summed E-state index contributed by atoms with van der Waals surface area (Å²) in [5.41, 5.74) is 3.37. The number of anilines is 3. The van der Waals surface area contributed by atoms with Crippen LogP contribution in [0.25, 0.3) is 5.57 Å². The lowest BCUT2D eigenvalue weighted by Gasteiger charge is -2.29. The van der Waals surface area contributed by atoms with Gasteiger partial charge in [0.2, 0.25) is 0 Å². The topological polar surface area (TPSA) is 89.0 Å². The number of carbonyl (C=O) groups is 1. The van der Waals surface area contributed by atoms with Crippen molar-refractivity contribution in [2.45, 2.75) is 33.0 Å². The first-order valence-electron chi connectivity index (χ1n) is 11.3. The van der Waals surface area contributed by atoms with Gasteiger partial charge in [-0.2, -0.15) is 0 Å². The molecule has 1 aromatic carbocycles. The highest BCUT2D eigenvalue weighted by Crippen LogP contribution is 2.38. The van der Waals surface area contributed by atoms with Gasteiger partial charge in [0.15, 0.2) is 0 Å². The van der Waals surface area contributed by atoms with Crippen LogP contribution in [0.15, 0.2) is 30.6 Å². The predicted molar refractivity (Wildman–Crippen MR) is 125 cm³/mol. The first-order valence-corrected chi connectivity index (χ1v) is 11.3. The van der Waals surface area contributed by atoms with E-state index in [1.54, 1.807) is 11.2 Å². The molecular weight excluding hydrogens is 422 g/mol. The van der Waals surface area contributed by atoms with Crippen LogP contribution in [0.4, 0.5) is 22.1 Å². The average Bonchev–Trinajstić information content (AvgIpc) is 3.21. The number of carbonyl (C=O) groups excluding carboxylic acids is 1. The van der Waals surface area contributed by atoms with E-state index in [9.17, 15) is 4.79 Å². The summed E-state index contributed by atoms with van der Waals surface area (Å²) >= 11 is 0. The highest BCUT2D eigenvalue weighted by atomic mass is 16.6. The summed E-state index contributed by atoms with van der Waals surface area (Å²) in [5, 5.41) is 3.44. The summed E-state index contributed by atoms with van der Waals surface area (Å²) in [6, 6.07) is 6.03. The SMILES string of the molecule is CC(C)(C)OC(=O)N1CC=C(c2ccc3c(c2)Nc2ncnc(N4CCOCC4)c2CO3)C1. The number of nitrogens with one attached hydrogen (secondary N) is 1. The number of rotatable bonds is 2. The van der Waals surface area contributed by atoms with Crippen LogP contribution in [0.3, 0.4) is 0 Å². The Kier molecular flexibility index (Phi) is 5.57. The van der Waals surface area contributed by atoms with Crippen molar-refractivity contribution in [3.05, 3.63) is 41.7 Å². The maximum Gasteiger partial charge on any atom is 0.410 e. The van der Waals surface area contributed by atoms with Crippen LogP contribution < -0.4 is 15.0 Å². The van der Waals surface area contributed by atoms with Crippen molar-refractivity contribution in [2.75, 3.05) is 49.6 Å². The second-order valence-corrected chi connectivity index (χ2v) is 9.34. The predicted octanol–water partition coefficient (Wildman–Crippen LogP) is 3.58. The molecule has 9 nitrogen and oxygen atoms in total. The Labute approximate surface area is 193 Å². The van der Waals surface area contributed by atoms with Crippen molar-refractivity contribution >= 4 is 29.0 Å². The summed E-state index contributed by atoms with van der Waals surface area (Å²) in [5.74, 6) is 2.39. The molecule has 1 N–H and O–H groups in total. The molecule has 0 saturated carbocycles. The summed E-state index contributed by atoms with van der Waals surface area (Å²) < 4.78 is 17.1. The van der Waals surface area contributed by atoms with Gasteiger partial charge in [0, 0.05) is 26.2 Å². The van der Waals surface area contributed by atoms with E-state index in [-0.39, 0.29) is 6.09 Å². The molecule has 5 rings (SSSR count). The minimum Gasteiger partial charge on any atom is -0.486 e. The third kappa shape index (κ3) is 4.59. The van der Waals surface area contributed by atoms with E-state index in [4.69, 9.17) is 14.2 Å². The molecule has 9 heteroatoms. The fourth-order valence-electron chi connectivity index (χ4n) is 4.15. The average molecular weight is 452 g/mol. The molecule has 1 amide bonds. The molecule has 3 aliphatic heterocycles. The zero-order valence-corrected chi connectivity index (χ0v) is 19.3. The molecule has 0 atom stereocenters. The minimum absolute atomic E-state index is 0.300. The van der Waals surface area contributed by atoms with Gasteiger partial charge in [-0.1, -0.05) is 12.1 Å². The molecular formula is C24H29N5O4. The first-order chi connectivity index (χ1) is 15.9. The molecule has 1 fully saturated rings. The summed E-state index contributed by atoms with van der Waals surface area (Å²) in [7, 11) is 0. The number of benzene rings is 1. The Bertz CT molecular complexity index is 1090. The molecule has 0 unspecified atom stereocenters. The Morgan fingerprint density at radius 1 is 1.18 bits per heavy atom. The number of amides is 1. The van der Waals surface area contributed by atoms with Crippen molar-refractivity contribution in [3.63, 3.8) is 0 Å². The van der Waals surface area contributed by atoms with Gasteiger partial charge in [0.25, 0.3) is 0 Å². The maximum atomic E-state index is 12.4. The van der Waals surface area contributed by atoms with Crippen molar-refractivity contribution in [2.24, 2.45) is 0 Å². The number of aromatic nitrogens is 2. The van der Waals surface area contributed by atoms with E-state index >= 15 is 0 Å². The van der Waals surface area contributed by atoms with E-state index in [1.165, 1.54) is 0 Å². The molecule has 2 aromatic rings. The second kappa shape index (κ2) is 8.55. The van der Waals surface area contributed by atoms with Gasteiger partial charge in [0.1, 0.15) is 35.9 Å². The molecule has 1 aromatic heterocycles. The quantitative estimate of drug-likeness (QED) is 0.741. The Morgan fingerprint density at radius 3 is 2.79 bits per heavy atom. The standard InChI is InChI=1S/C24H29N5O4/c1-24(2,3)33-23(30)29-7-6-17(13-29)16-4-5-20-19(12-16)27-21-18(14-32-20)22(26-15-25-21)28-8-10-31-11-9-28/h4-6,12,15H,7-11,13-14H2,1-3H3,(H,25,26,27). The Morgan fingerprint density at radius 2 is 2.00 bits per heavy atom. The zero-order chi connectivity index (χ0) is 23.0. The minimum atomic E-state index is -0.513. The van der Waals surface area contributed by atoms with Gasteiger partial charge in [-0.05, 0) is 44.0 Å². The van der Waals surface area contributed by atoms with Crippen LogP contribution in [-0.2, 0) is 16.1 Å².